The smallest absolute Gasteiger partial charge is 0.225 e. The third kappa shape index (κ3) is 3.66. The molecule has 0 unspecified atom stereocenters. The van der Waals surface area contributed by atoms with E-state index in [9.17, 15) is 9.59 Å². The van der Waals surface area contributed by atoms with Crippen LogP contribution in [0.1, 0.15) is 31.2 Å². The van der Waals surface area contributed by atoms with Crippen molar-refractivity contribution in [2.24, 2.45) is 5.92 Å². The largest absolute Gasteiger partial charge is 0.341 e. The number of benzene rings is 1. The van der Waals surface area contributed by atoms with Crippen LogP contribution >= 0.6 is 15.9 Å². The summed E-state index contributed by atoms with van der Waals surface area (Å²) in [5.74, 6) is 0.464. The monoisotopic (exact) mass is 323 g/mol. The van der Waals surface area contributed by atoms with E-state index in [1.807, 2.05) is 31.3 Å². The van der Waals surface area contributed by atoms with Crippen LogP contribution in [0.3, 0.4) is 0 Å². The van der Waals surface area contributed by atoms with Crippen LogP contribution in [-0.4, -0.2) is 23.6 Å². The molecule has 1 amide bonds. The third-order valence-corrected chi connectivity index (χ3v) is 4.41. The average molecular weight is 324 g/mol. The average Bonchev–Trinajstić information content (AvgIpc) is 2.41. The van der Waals surface area contributed by atoms with Gasteiger partial charge >= 0.3 is 0 Å². The number of hydrogen-bond acceptors (Lipinski definition) is 2. The summed E-state index contributed by atoms with van der Waals surface area (Å²) < 4.78 is 1.02. The molecule has 1 aromatic rings. The van der Waals surface area contributed by atoms with Gasteiger partial charge in [-0.1, -0.05) is 34.1 Å². The van der Waals surface area contributed by atoms with Crippen molar-refractivity contribution in [3.8, 4) is 0 Å². The van der Waals surface area contributed by atoms with Crippen molar-refractivity contribution in [3.05, 3.63) is 34.3 Å². The minimum Gasteiger partial charge on any atom is -0.341 e. The summed E-state index contributed by atoms with van der Waals surface area (Å²) in [6.07, 6.45) is 2.52. The normalized spacial score (nSPS) is 16.4. The van der Waals surface area contributed by atoms with E-state index in [-0.39, 0.29) is 17.6 Å². The van der Waals surface area contributed by atoms with Crippen LogP contribution < -0.4 is 0 Å². The lowest BCUT2D eigenvalue weighted by atomic mass is 9.87. The SMILES string of the molecule is CN(Cc1ccccc1Br)C(=O)C1CCC(=O)CC1. The van der Waals surface area contributed by atoms with Gasteiger partial charge in [-0.15, -0.1) is 0 Å². The molecule has 0 atom stereocenters. The summed E-state index contributed by atoms with van der Waals surface area (Å²) in [6, 6.07) is 7.92. The number of ketones is 1. The second-order valence-electron chi connectivity index (χ2n) is 5.10. The van der Waals surface area contributed by atoms with Crippen LogP contribution in [0, 0.1) is 5.92 Å². The molecule has 1 saturated carbocycles. The van der Waals surface area contributed by atoms with Gasteiger partial charge in [-0.2, -0.15) is 0 Å². The van der Waals surface area contributed by atoms with Gasteiger partial charge in [-0.25, -0.2) is 0 Å². The molecule has 0 radical (unpaired) electrons. The maximum absolute atomic E-state index is 12.3. The zero-order valence-electron chi connectivity index (χ0n) is 11.1. The van der Waals surface area contributed by atoms with Gasteiger partial charge in [-0.3, -0.25) is 9.59 Å². The first-order valence-corrected chi connectivity index (χ1v) is 7.37. The highest BCUT2D eigenvalue weighted by molar-refractivity contribution is 9.10. The Labute approximate surface area is 122 Å². The number of nitrogens with zero attached hydrogens (tertiary/aromatic N) is 1. The van der Waals surface area contributed by atoms with E-state index >= 15 is 0 Å². The maximum Gasteiger partial charge on any atom is 0.225 e. The first kappa shape index (κ1) is 14.3. The summed E-state index contributed by atoms with van der Waals surface area (Å²) in [5.41, 5.74) is 1.10. The van der Waals surface area contributed by atoms with Gasteiger partial charge in [0.05, 0.1) is 0 Å². The Morgan fingerprint density at radius 1 is 1.32 bits per heavy atom. The Morgan fingerprint density at radius 3 is 2.58 bits per heavy atom. The predicted molar refractivity (Wildman–Crippen MR) is 77.6 cm³/mol. The van der Waals surface area contributed by atoms with Gasteiger partial charge in [0.15, 0.2) is 0 Å². The van der Waals surface area contributed by atoms with Crippen LogP contribution in [-0.2, 0) is 16.1 Å². The van der Waals surface area contributed by atoms with E-state index in [1.165, 1.54) is 0 Å². The van der Waals surface area contributed by atoms with Crippen molar-refractivity contribution < 1.29 is 9.59 Å². The van der Waals surface area contributed by atoms with Crippen LogP contribution in [0.15, 0.2) is 28.7 Å². The number of Topliss-reactive ketones (excluding diaryl/α,β-unsaturated/α-hetero) is 1. The summed E-state index contributed by atoms with van der Waals surface area (Å²) in [7, 11) is 1.83. The van der Waals surface area contributed by atoms with Crippen LogP contribution in [0.25, 0.3) is 0 Å². The predicted octanol–water partition coefficient (Wildman–Crippen LogP) is 3.17. The van der Waals surface area contributed by atoms with Gasteiger partial charge in [0.1, 0.15) is 5.78 Å². The molecule has 0 spiro atoms. The molecule has 1 aromatic carbocycles. The number of halogens is 1. The zero-order chi connectivity index (χ0) is 13.8. The van der Waals surface area contributed by atoms with Crippen molar-refractivity contribution in [3.63, 3.8) is 0 Å². The van der Waals surface area contributed by atoms with Gasteiger partial charge in [-0.05, 0) is 24.5 Å². The molecule has 0 bridgehead atoms. The van der Waals surface area contributed by atoms with Crippen molar-refractivity contribution in [2.45, 2.75) is 32.2 Å². The van der Waals surface area contributed by atoms with Crippen LogP contribution in [0.5, 0.6) is 0 Å². The minimum atomic E-state index is 0.0187. The first-order chi connectivity index (χ1) is 9.08. The molecule has 19 heavy (non-hydrogen) atoms. The number of hydrogen-bond donors (Lipinski definition) is 0. The molecule has 2 rings (SSSR count). The van der Waals surface area contributed by atoms with Gasteiger partial charge < -0.3 is 4.90 Å². The molecular formula is C15H18BrNO2. The molecule has 3 nitrogen and oxygen atoms in total. The Balaban J connectivity index is 1.96. The zero-order valence-corrected chi connectivity index (χ0v) is 12.6. The molecule has 0 saturated heterocycles. The number of carbonyl (C=O) groups is 2. The quantitative estimate of drug-likeness (QED) is 0.856. The number of carbonyl (C=O) groups excluding carboxylic acids is 2. The highest BCUT2D eigenvalue weighted by Crippen LogP contribution is 2.24. The second kappa shape index (κ2) is 6.33. The highest BCUT2D eigenvalue weighted by atomic mass is 79.9. The van der Waals surface area contributed by atoms with Crippen molar-refractivity contribution >= 4 is 27.6 Å². The second-order valence-corrected chi connectivity index (χ2v) is 5.95. The lowest BCUT2D eigenvalue weighted by Gasteiger charge is -2.26. The number of rotatable bonds is 3. The van der Waals surface area contributed by atoms with Gasteiger partial charge in [0.2, 0.25) is 5.91 Å². The van der Waals surface area contributed by atoms with Gasteiger partial charge in [0.25, 0.3) is 0 Å². The lowest BCUT2D eigenvalue weighted by Crippen LogP contribution is -2.34. The molecule has 1 aliphatic rings. The molecule has 0 heterocycles. The van der Waals surface area contributed by atoms with E-state index in [4.69, 9.17) is 0 Å². The Morgan fingerprint density at radius 2 is 1.95 bits per heavy atom. The van der Waals surface area contributed by atoms with Crippen molar-refractivity contribution in [2.75, 3.05) is 7.05 Å². The topological polar surface area (TPSA) is 37.4 Å². The van der Waals surface area contributed by atoms with E-state index in [1.54, 1.807) is 4.90 Å². The summed E-state index contributed by atoms with van der Waals surface area (Å²) in [6.45, 7) is 0.602. The molecule has 102 valence electrons. The Hall–Kier alpha value is -1.16. The third-order valence-electron chi connectivity index (χ3n) is 3.63. The van der Waals surface area contributed by atoms with Crippen molar-refractivity contribution in [1.82, 2.24) is 4.90 Å². The number of amides is 1. The summed E-state index contributed by atoms with van der Waals surface area (Å²) in [5, 5.41) is 0. The lowest BCUT2D eigenvalue weighted by molar-refractivity contribution is -0.136. The first-order valence-electron chi connectivity index (χ1n) is 6.58. The molecule has 1 fully saturated rings. The van der Waals surface area contributed by atoms with E-state index in [2.05, 4.69) is 15.9 Å². The maximum atomic E-state index is 12.3. The Bertz CT molecular complexity index is 477. The van der Waals surface area contributed by atoms with Crippen molar-refractivity contribution in [1.29, 1.82) is 0 Å². The molecule has 0 N–H and O–H groups in total. The van der Waals surface area contributed by atoms with E-state index in [0.717, 1.165) is 10.0 Å². The standard InChI is InChI=1S/C15H18BrNO2/c1-17(10-12-4-2-3-5-14(12)16)15(19)11-6-8-13(18)9-7-11/h2-5,11H,6-10H2,1H3. The molecule has 4 heteroatoms. The molecule has 0 aromatic heterocycles. The molecular weight excluding hydrogens is 306 g/mol. The summed E-state index contributed by atoms with van der Waals surface area (Å²) >= 11 is 3.50. The van der Waals surface area contributed by atoms with Gasteiger partial charge in [0, 0.05) is 36.8 Å². The highest BCUT2D eigenvalue weighted by Gasteiger charge is 2.27. The fraction of sp³-hybridized carbons (Fsp3) is 0.467. The van der Waals surface area contributed by atoms with E-state index < -0.39 is 0 Å². The Kier molecular flexibility index (Phi) is 4.75. The minimum absolute atomic E-state index is 0.0187. The molecule has 1 aliphatic carbocycles. The van der Waals surface area contributed by atoms with E-state index in [0.29, 0.717) is 32.2 Å². The van der Waals surface area contributed by atoms with Crippen LogP contribution in [0.4, 0.5) is 0 Å². The molecule has 0 aliphatic heterocycles. The fourth-order valence-electron chi connectivity index (χ4n) is 2.46. The summed E-state index contributed by atoms with van der Waals surface area (Å²) in [4.78, 5) is 25.3. The van der Waals surface area contributed by atoms with Crippen LogP contribution in [0.2, 0.25) is 0 Å². The fourth-order valence-corrected chi connectivity index (χ4v) is 2.87.